The van der Waals surface area contributed by atoms with Gasteiger partial charge in [0.2, 0.25) is 0 Å². The Hall–Kier alpha value is -0.0800. The topological polar surface area (TPSA) is 15.3 Å². The predicted octanol–water partition coefficient (Wildman–Crippen LogP) is 3.27. The van der Waals surface area contributed by atoms with E-state index >= 15 is 0 Å². The standard InChI is InChI=1S/C14H32N2/c1-7-9-14(11-15-12(3)4)16(10-8-2)13(5)6/h12-15H,7-11H2,1-6H3. The molecule has 0 radical (unpaired) electrons. The maximum Gasteiger partial charge on any atom is 0.0223 e. The lowest BCUT2D eigenvalue weighted by Gasteiger charge is -2.35. The van der Waals surface area contributed by atoms with Crippen LogP contribution in [0, 0.1) is 0 Å². The van der Waals surface area contributed by atoms with E-state index in [0.29, 0.717) is 18.1 Å². The summed E-state index contributed by atoms with van der Waals surface area (Å²) < 4.78 is 0. The summed E-state index contributed by atoms with van der Waals surface area (Å²) in [5, 5.41) is 3.58. The summed E-state index contributed by atoms with van der Waals surface area (Å²) in [5.41, 5.74) is 0. The summed E-state index contributed by atoms with van der Waals surface area (Å²) in [5.74, 6) is 0. The highest BCUT2D eigenvalue weighted by atomic mass is 15.2. The van der Waals surface area contributed by atoms with Crippen molar-refractivity contribution in [3.05, 3.63) is 0 Å². The monoisotopic (exact) mass is 228 g/mol. The van der Waals surface area contributed by atoms with Gasteiger partial charge in [-0.05, 0) is 33.2 Å². The van der Waals surface area contributed by atoms with Crippen LogP contribution in [0.25, 0.3) is 0 Å². The fraction of sp³-hybridized carbons (Fsp3) is 1.00. The van der Waals surface area contributed by atoms with E-state index in [1.54, 1.807) is 0 Å². The molecular weight excluding hydrogens is 196 g/mol. The third-order valence-electron chi connectivity index (χ3n) is 3.00. The molecule has 0 aromatic rings. The van der Waals surface area contributed by atoms with Crippen molar-refractivity contribution < 1.29 is 0 Å². The highest BCUT2D eigenvalue weighted by molar-refractivity contribution is 4.77. The van der Waals surface area contributed by atoms with Crippen molar-refractivity contribution in [1.29, 1.82) is 0 Å². The van der Waals surface area contributed by atoms with Gasteiger partial charge < -0.3 is 5.32 Å². The molecule has 1 unspecified atom stereocenters. The van der Waals surface area contributed by atoms with Crippen LogP contribution in [0.1, 0.15) is 60.8 Å². The minimum Gasteiger partial charge on any atom is -0.313 e. The van der Waals surface area contributed by atoms with Gasteiger partial charge in [0.25, 0.3) is 0 Å². The Bertz CT molecular complexity index is 155. The molecule has 0 aliphatic carbocycles. The molecule has 0 rings (SSSR count). The minimum absolute atomic E-state index is 0.593. The smallest absolute Gasteiger partial charge is 0.0223 e. The number of hydrogen-bond acceptors (Lipinski definition) is 2. The molecule has 0 heterocycles. The average molecular weight is 228 g/mol. The van der Waals surface area contributed by atoms with Gasteiger partial charge in [-0.3, -0.25) is 4.90 Å². The maximum absolute atomic E-state index is 3.58. The SMILES string of the molecule is CCCC(CNC(C)C)N(CCC)C(C)C. The van der Waals surface area contributed by atoms with Crippen LogP contribution in [-0.4, -0.2) is 36.1 Å². The van der Waals surface area contributed by atoms with E-state index in [1.807, 2.05) is 0 Å². The molecule has 0 bridgehead atoms. The van der Waals surface area contributed by atoms with Gasteiger partial charge in [0.05, 0.1) is 0 Å². The van der Waals surface area contributed by atoms with Crippen LogP contribution in [0.15, 0.2) is 0 Å². The molecule has 0 amide bonds. The molecule has 0 aliphatic heterocycles. The Morgan fingerprint density at radius 1 is 1.00 bits per heavy atom. The van der Waals surface area contributed by atoms with Crippen molar-refractivity contribution >= 4 is 0 Å². The normalized spacial score (nSPS) is 14.1. The molecule has 0 spiro atoms. The van der Waals surface area contributed by atoms with E-state index in [0.717, 1.165) is 6.54 Å². The van der Waals surface area contributed by atoms with Gasteiger partial charge >= 0.3 is 0 Å². The zero-order valence-electron chi connectivity index (χ0n) is 12.2. The van der Waals surface area contributed by atoms with Crippen LogP contribution >= 0.6 is 0 Å². The molecule has 1 atom stereocenters. The third kappa shape index (κ3) is 6.49. The molecule has 0 fully saturated rings. The molecule has 98 valence electrons. The van der Waals surface area contributed by atoms with Crippen LogP contribution in [-0.2, 0) is 0 Å². The van der Waals surface area contributed by atoms with Crippen LogP contribution < -0.4 is 5.32 Å². The highest BCUT2D eigenvalue weighted by Crippen LogP contribution is 2.11. The Kier molecular flexibility index (Phi) is 8.96. The molecular formula is C14H32N2. The van der Waals surface area contributed by atoms with E-state index < -0.39 is 0 Å². The zero-order valence-corrected chi connectivity index (χ0v) is 12.2. The van der Waals surface area contributed by atoms with Gasteiger partial charge in [-0.15, -0.1) is 0 Å². The zero-order chi connectivity index (χ0) is 12.6. The lowest BCUT2D eigenvalue weighted by molar-refractivity contribution is 0.140. The summed E-state index contributed by atoms with van der Waals surface area (Å²) in [6.45, 7) is 16.0. The number of hydrogen-bond donors (Lipinski definition) is 1. The van der Waals surface area contributed by atoms with Crippen molar-refractivity contribution in [2.45, 2.75) is 78.9 Å². The second kappa shape index (κ2) is 9.00. The first kappa shape index (κ1) is 15.9. The van der Waals surface area contributed by atoms with Crippen molar-refractivity contribution in [2.24, 2.45) is 0 Å². The summed E-state index contributed by atoms with van der Waals surface area (Å²) in [4.78, 5) is 2.65. The predicted molar refractivity (Wildman–Crippen MR) is 74.0 cm³/mol. The quantitative estimate of drug-likeness (QED) is 0.651. The van der Waals surface area contributed by atoms with Crippen molar-refractivity contribution in [3.63, 3.8) is 0 Å². The van der Waals surface area contributed by atoms with Gasteiger partial charge in [0.1, 0.15) is 0 Å². The van der Waals surface area contributed by atoms with Crippen molar-refractivity contribution in [2.75, 3.05) is 13.1 Å². The highest BCUT2D eigenvalue weighted by Gasteiger charge is 2.19. The van der Waals surface area contributed by atoms with E-state index in [2.05, 4.69) is 51.8 Å². The maximum atomic E-state index is 3.58. The molecule has 0 aromatic heterocycles. The largest absolute Gasteiger partial charge is 0.313 e. The second-order valence-electron chi connectivity index (χ2n) is 5.34. The van der Waals surface area contributed by atoms with Crippen LogP contribution in [0.3, 0.4) is 0 Å². The Morgan fingerprint density at radius 2 is 1.62 bits per heavy atom. The fourth-order valence-electron chi connectivity index (χ4n) is 2.21. The third-order valence-corrected chi connectivity index (χ3v) is 3.00. The van der Waals surface area contributed by atoms with Gasteiger partial charge in [-0.1, -0.05) is 34.1 Å². The molecule has 0 saturated heterocycles. The van der Waals surface area contributed by atoms with Gasteiger partial charge in [0.15, 0.2) is 0 Å². The van der Waals surface area contributed by atoms with Crippen LogP contribution in [0.4, 0.5) is 0 Å². The molecule has 0 aliphatic rings. The molecule has 2 nitrogen and oxygen atoms in total. The number of nitrogens with zero attached hydrogens (tertiary/aromatic N) is 1. The second-order valence-corrected chi connectivity index (χ2v) is 5.34. The number of nitrogens with one attached hydrogen (secondary N) is 1. The van der Waals surface area contributed by atoms with Crippen LogP contribution in [0.5, 0.6) is 0 Å². The lowest BCUT2D eigenvalue weighted by Crippen LogP contribution is -2.47. The van der Waals surface area contributed by atoms with Crippen LogP contribution in [0.2, 0.25) is 0 Å². The summed E-state index contributed by atoms with van der Waals surface area (Å²) in [6.07, 6.45) is 3.83. The van der Waals surface area contributed by atoms with Gasteiger partial charge in [-0.2, -0.15) is 0 Å². The van der Waals surface area contributed by atoms with E-state index in [-0.39, 0.29) is 0 Å². The van der Waals surface area contributed by atoms with E-state index in [1.165, 1.54) is 25.8 Å². The first-order valence-corrected chi connectivity index (χ1v) is 7.01. The summed E-state index contributed by atoms with van der Waals surface area (Å²) in [6, 6.07) is 1.95. The Labute approximate surface area is 103 Å². The summed E-state index contributed by atoms with van der Waals surface area (Å²) in [7, 11) is 0. The van der Waals surface area contributed by atoms with Gasteiger partial charge in [-0.25, -0.2) is 0 Å². The fourth-order valence-corrected chi connectivity index (χ4v) is 2.21. The molecule has 1 N–H and O–H groups in total. The molecule has 16 heavy (non-hydrogen) atoms. The Balaban J connectivity index is 4.31. The minimum atomic E-state index is 0.593. The van der Waals surface area contributed by atoms with Gasteiger partial charge in [0, 0.05) is 24.7 Å². The van der Waals surface area contributed by atoms with Crippen molar-refractivity contribution in [3.8, 4) is 0 Å². The number of rotatable bonds is 9. The summed E-state index contributed by atoms with van der Waals surface area (Å²) >= 11 is 0. The molecule has 2 heteroatoms. The van der Waals surface area contributed by atoms with E-state index in [9.17, 15) is 0 Å². The van der Waals surface area contributed by atoms with E-state index in [4.69, 9.17) is 0 Å². The first-order valence-electron chi connectivity index (χ1n) is 7.01. The lowest BCUT2D eigenvalue weighted by atomic mass is 10.1. The first-order chi connectivity index (χ1) is 7.52. The van der Waals surface area contributed by atoms with Crippen molar-refractivity contribution in [1.82, 2.24) is 10.2 Å². The Morgan fingerprint density at radius 3 is 2.00 bits per heavy atom. The molecule has 0 aromatic carbocycles. The molecule has 0 saturated carbocycles. The average Bonchev–Trinajstić information content (AvgIpc) is 2.20.